The van der Waals surface area contributed by atoms with Crippen LogP contribution in [0.4, 0.5) is 0 Å². The molecule has 0 saturated heterocycles. The van der Waals surface area contributed by atoms with Crippen molar-refractivity contribution >= 4 is 32.3 Å². The minimum Gasteiger partial charge on any atom is -0.233 e. The summed E-state index contributed by atoms with van der Waals surface area (Å²) in [6.45, 7) is 16.3. The molecule has 10 rings (SSSR count). The normalized spacial score (nSPS) is 13.2. The summed E-state index contributed by atoms with van der Waals surface area (Å²) in [5.41, 5.74) is 12.2. The van der Waals surface area contributed by atoms with Gasteiger partial charge in [0.2, 0.25) is 19.0 Å². The van der Waals surface area contributed by atoms with E-state index in [1.807, 2.05) is 0 Å². The number of hydrogen-bond donors (Lipinski definition) is 0. The van der Waals surface area contributed by atoms with Crippen molar-refractivity contribution in [2.75, 3.05) is 0 Å². The molecule has 10 aromatic rings. The lowest BCUT2D eigenvalue weighted by Gasteiger charge is -2.20. The Morgan fingerprint density at radius 2 is 0.635 bits per heavy atom. The zero-order valence-corrected chi connectivity index (χ0v) is 37.4. The van der Waals surface area contributed by atoms with Gasteiger partial charge < -0.3 is 0 Å². The van der Waals surface area contributed by atoms with Gasteiger partial charge in [-0.15, -0.1) is 0 Å². The quantitative estimate of drug-likeness (QED) is 0.110. The summed E-state index contributed by atoms with van der Waals surface area (Å²) in [7, 11) is 0. The molecule has 3 heterocycles. The average molecular weight is 826 g/mol. The van der Waals surface area contributed by atoms with E-state index < -0.39 is 0 Å². The molecule has 0 unspecified atom stereocenters. The van der Waals surface area contributed by atoms with Crippen LogP contribution in [0.3, 0.4) is 0 Å². The van der Waals surface area contributed by atoms with E-state index in [9.17, 15) is 0 Å². The highest BCUT2D eigenvalue weighted by molar-refractivity contribution is 5.84. The molecule has 3 aromatic heterocycles. The van der Waals surface area contributed by atoms with Crippen LogP contribution in [0.1, 0.15) is 89.0 Å². The van der Waals surface area contributed by atoms with Gasteiger partial charge in [0, 0.05) is 16.7 Å². The van der Waals surface area contributed by atoms with Crippen LogP contribution in [-0.2, 0) is 19.6 Å². The van der Waals surface area contributed by atoms with Gasteiger partial charge in [-0.3, -0.25) is 0 Å². The smallest absolute Gasteiger partial charge is 0.233 e. The zero-order chi connectivity index (χ0) is 43.2. The molecule has 0 amide bonds. The third-order valence-electron chi connectivity index (χ3n) is 14.0. The van der Waals surface area contributed by atoms with E-state index in [0.717, 1.165) is 19.6 Å². The predicted molar refractivity (Wildman–Crippen MR) is 255 cm³/mol. The summed E-state index contributed by atoms with van der Waals surface area (Å²) in [6.07, 6.45) is 20.2. The molecular formula is C57H57N6+3. The molecule has 312 valence electrons. The maximum Gasteiger partial charge on any atom is 0.244 e. The monoisotopic (exact) mass is 825 g/mol. The fourth-order valence-corrected chi connectivity index (χ4v) is 9.77. The first-order chi connectivity index (χ1) is 30.7. The molecule has 6 heteroatoms. The zero-order valence-electron chi connectivity index (χ0n) is 37.4. The van der Waals surface area contributed by atoms with E-state index in [-0.39, 0.29) is 18.1 Å². The maximum atomic E-state index is 2.36. The van der Waals surface area contributed by atoms with E-state index in [2.05, 4.69) is 253 Å². The van der Waals surface area contributed by atoms with Crippen molar-refractivity contribution in [1.29, 1.82) is 0 Å². The maximum absolute atomic E-state index is 2.36. The highest BCUT2D eigenvalue weighted by atomic mass is 15.1. The fourth-order valence-electron chi connectivity index (χ4n) is 9.77. The molecule has 0 aliphatic carbocycles. The first-order valence-corrected chi connectivity index (χ1v) is 22.4. The number of rotatable bonds is 12. The lowest BCUT2D eigenvalue weighted by molar-refractivity contribution is -0.690. The van der Waals surface area contributed by atoms with Gasteiger partial charge in [-0.25, -0.2) is 27.4 Å². The van der Waals surface area contributed by atoms with Crippen LogP contribution in [0, 0.1) is 20.8 Å². The molecule has 0 saturated carbocycles. The second-order valence-electron chi connectivity index (χ2n) is 17.8. The van der Waals surface area contributed by atoms with Crippen molar-refractivity contribution in [2.24, 2.45) is 0 Å². The molecule has 3 atom stereocenters. The average Bonchev–Trinajstić information content (AvgIpc) is 4.12. The summed E-state index contributed by atoms with van der Waals surface area (Å²) in [6, 6.07) is 47.0. The Hall–Kier alpha value is -7.05. The van der Waals surface area contributed by atoms with Crippen LogP contribution in [0.5, 0.6) is 0 Å². The lowest BCUT2D eigenvalue weighted by Crippen LogP contribution is -2.37. The largest absolute Gasteiger partial charge is 0.244 e. The molecule has 0 aliphatic heterocycles. The Morgan fingerprint density at radius 3 is 0.921 bits per heavy atom. The highest BCUT2D eigenvalue weighted by Crippen LogP contribution is 2.30. The van der Waals surface area contributed by atoms with Crippen molar-refractivity contribution in [3.05, 3.63) is 234 Å². The van der Waals surface area contributed by atoms with E-state index in [1.54, 1.807) is 0 Å². The van der Waals surface area contributed by atoms with Crippen molar-refractivity contribution < 1.29 is 13.7 Å². The highest BCUT2D eigenvalue weighted by Gasteiger charge is 2.25. The molecular weight excluding hydrogens is 769 g/mol. The Morgan fingerprint density at radius 1 is 0.365 bits per heavy atom. The summed E-state index contributed by atoms with van der Waals surface area (Å²) >= 11 is 0. The second-order valence-corrected chi connectivity index (χ2v) is 17.8. The Labute approximate surface area is 371 Å². The first-order valence-electron chi connectivity index (χ1n) is 22.4. The Kier molecular flexibility index (Phi) is 10.6. The fraction of sp³-hybridized carbons (Fsp3) is 0.211. The van der Waals surface area contributed by atoms with Gasteiger partial charge in [-0.2, -0.15) is 0 Å². The van der Waals surface area contributed by atoms with E-state index in [0.29, 0.717) is 0 Å². The third-order valence-corrected chi connectivity index (χ3v) is 14.0. The van der Waals surface area contributed by atoms with Crippen LogP contribution < -0.4 is 13.7 Å². The molecule has 7 aromatic carbocycles. The van der Waals surface area contributed by atoms with Gasteiger partial charge in [0.25, 0.3) is 0 Å². The summed E-state index contributed by atoms with van der Waals surface area (Å²) in [5.74, 6) is 0. The standard InChI is InChI=1S/C57H57N6/c1-40-55(34-58-25-28-61(37-58)43(4)49-22-19-46-13-7-10-16-52(46)31-49)41(2)57(36-60-27-30-63(39-60)45(6)51-24-21-48-15-9-12-18-54(48)33-51)42(3)56(40)35-59-26-29-62(38-59)44(5)50-23-20-47-14-8-11-17-53(47)32-50/h7-33,37-39,43-45H,34-36H2,1-6H3/q+3/t43-,44-,45-/m0/s1. The van der Waals surface area contributed by atoms with Crippen LogP contribution in [0.25, 0.3) is 32.3 Å². The lowest BCUT2D eigenvalue weighted by atomic mass is 9.87. The molecule has 0 N–H and O–H groups in total. The number of fused-ring (bicyclic) bond motifs is 3. The Bertz CT molecular complexity index is 2900. The molecule has 0 aliphatic rings. The molecule has 0 radical (unpaired) electrons. The van der Waals surface area contributed by atoms with Crippen molar-refractivity contribution in [2.45, 2.75) is 79.3 Å². The first kappa shape index (κ1) is 40.0. The summed E-state index contributed by atoms with van der Waals surface area (Å²) in [5, 5.41) is 7.66. The van der Waals surface area contributed by atoms with Gasteiger partial charge in [-0.05, 0) is 125 Å². The van der Waals surface area contributed by atoms with Crippen LogP contribution in [0.2, 0.25) is 0 Å². The van der Waals surface area contributed by atoms with Gasteiger partial charge in [0.05, 0.1) is 0 Å². The molecule has 6 nitrogen and oxygen atoms in total. The topological polar surface area (TPSA) is 26.4 Å². The minimum atomic E-state index is 0.206. The van der Waals surface area contributed by atoms with Crippen LogP contribution in [0.15, 0.2) is 184 Å². The molecule has 63 heavy (non-hydrogen) atoms. The SMILES string of the molecule is Cc1c(C[n+]2ccn([C@@H](C)c3ccc4ccccc4c3)c2)c(C)c(C[n+]2ccn([C@@H](C)c3ccc4ccccc4c3)c2)c(C)c1C[n+]1ccn([C@@H](C)c2ccc3ccccc3c2)c1. The van der Waals surface area contributed by atoms with E-state index in [4.69, 9.17) is 0 Å². The minimum absolute atomic E-state index is 0.206. The molecule has 0 bridgehead atoms. The van der Waals surface area contributed by atoms with Crippen LogP contribution >= 0.6 is 0 Å². The van der Waals surface area contributed by atoms with Crippen molar-refractivity contribution in [3.8, 4) is 0 Å². The van der Waals surface area contributed by atoms with Gasteiger partial charge >= 0.3 is 0 Å². The van der Waals surface area contributed by atoms with E-state index >= 15 is 0 Å². The number of nitrogens with zero attached hydrogens (tertiary/aromatic N) is 6. The Balaban J connectivity index is 0.971. The number of benzene rings is 7. The molecule has 0 spiro atoms. The van der Waals surface area contributed by atoms with Gasteiger partial charge in [-0.1, -0.05) is 109 Å². The third kappa shape index (κ3) is 7.87. The number of imidazole rings is 3. The van der Waals surface area contributed by atoms with Crippen LogP contribution in [-0.4, -0.2) is 13.7 Å². The van der Waals surface area contributed by atoms with Crippen molar-refractivity contribution in [1.82, 2.24) is 13.7 Å². The number of aromatic nitrogens is 6. The van der Waals surface area contributed by atoms with Gasteiger partial charge in [0.15, 0.2) is 0 Å². The summed E-state index contributed by atoms with van der Waals surface area (Å²) in [4.78, 5) is 0. The molecule has 0 fully saturated rings. The predicted octanol–water partition coefficient (Wildman–Crippen LogP) is 11.3. The summed E-state index contributed by atoms with van der Waals surface area (Å²) < 4.78 is 14.1. The van der Waals surface area contributed by atoms with Gasteiger partial charge in [0.1, 0.15) is 74.9 Å². The number of hydrogen-bond acceptors (Lipinski definition) is 0. The van der Waals surface area contributed by atoms with E-state index in [1.165, 1.54) is 82.4 Å². The van der Waals surface area contributed by atoms with Crippen molar-refractivity contribution in [3.63, 3.8) is 0 Å². The second kappa shape index (κ2) is 16.7.